The Hall–Kier alpha value is -0.461. The average Bonchev–Trinajstić information content (AvgIpc) is 1.60. The Morgan fingerprint density at radius 3 is 1.17 bits per heavy atom. The van der Waals surface area contributed by atoms with Gasteiger partial charge in [-0.05, 0) is 197 Å². The fraction of sp³-hybridized carbons (Fsp3) is 0.481. The number of thiophene rings is 10. The van der Waals surface area contributed by atoms with Crippen LogP contribution in [0.1, 0.15) is 247 Å². The molecule has 99 heavy (non-hydrogen) atoms. The number of fused-ring (bicyclic) bond motifs is 6. The number of aryl methyl sites for hydroxylation is 6. The van der Waals surface area contributed by atoms with Crippen LogP contribution in [0.15, 0.2) is 79.6 Å². The van der Waals surface area contributed by atoms with Crippen molar-refractivity contribution in [1.29, 1.82) is 0 Å². The van der Waals surface area contributed by atoms with Crippen molar-refractivity contribution < 1.29 is 9.59 Å². The van der Waals surface area contributed by atoms with Crippen molar-refractivity contribution in [2.24, 2.45) is 0 Å². The number of carbonyl (C=O) groups is 2. The van der Waals surface area contributed by atoms with Crippen molar-refractivity contribution in [3.8, 4) is 19.5 Å². The molecule has 0 fully saturated rings. The molecule has 2 aromatic carbocycles. The summed E-state index contributed by atoms with van der Waals surface area (Å²) in [4.78, 5) is 41.2. The third kappa shape index (κ3) is 22.4. The van der Waals surface area contributed by atoms with Gasteiger partial charge in [-0.15, -0.1) is 90.7 Å². The van der Waals surface area contributed by atoms with Crippen molar-refractivity contribution >= 4 is 286 Å². The van der Waals surface area contributed by atoms with E-state index in [-0.39, 0.29) is 11.6 Å². The molecule has 0 aliphatic heterocycles. The largest absolute Gasteiger partial charge is 0.294 e. The second kappa shape index (κ2) is 40.7. The predicted octanol–water partition coefficient (Wildman–Crippen LogP) is 34.6. The van der Waals surface area contributed by atoms with Crippen LogP contribution in [0.2, 0.25) is 14.8 Å². The fourth-order valence-electron chi connectivity index (χ4n) is 13.1. The monoisotopic (exact) mass is 1940 g/mol. The van der Waals surface area contributed by atoms with E-state index in [0.29, 0.717) is 0 Å². The number of ketones is 2. The van der Waals surface area contributed by atoms with E-state index in [1.54, 1.807) is 93.2 Å². The van der Waals surface area contributed by atoms with Gasteiger partial charge in [-0.1, -0.05) is 78.1 Å². The Kier molecular flexibility index (Phi) is 33.9. The van der Waals surface area contributed by atoms with Crippen LogP contribution in [-0.2, 0) is 25.7 Å². The second-order valence-electron chi connectivity index (χ2n) is 27.5. The SMILES string of the molecule is Brc1ccc(Br)s1.CC(=O)c1cc2c(Br)sc(Br)c2s1.CCCCCCCCc1c2c[c]([Sn]([CH3])([CH3])[CH3])sc2c(CCCCCCCC)c2cc(C)sc12.CCCCCCCCc1c2cc(-c3sc(C)c4sc(C(C)=O)cc34)sc2c(CCCCCCCC)c2cc(-c3ccc(Br)s3)sc12. The molecule has 534 valence electrons. The molecule has 0 radical (unpaired) electrons. The third-order valence-corrected chi connectivity index (χ3v) is 43.5. The molecule has 0 unspecified atom stereocenters. The topological polar surface area (TPSA) is 34.1 Å². The number of hydrogen-bond donors (Lipinski definition) is 0. The van der Waals surface area contributed by atoms with Gasteiger partial charge in [0.25, 0.3) is 0 Å². The number of hydrogen-bond acceptors (Lipinski definition) is 12. The van der Waals surface area contributed by atoms with Crippen LogP contribution >= 0.6 is 193 Å². The summed E-state index contributed by atoms with van der Waals surface area (Å²) in [6.07, 6.45) is 37.3. The van der Waals surface area contributed by atoms with E-state index in [4.69, 9.17) is 0 Å². The number of carbonyl (C=O) groups excluding carboxylic acids is 2. The first-order valence-corrected chi connectivity index (χ1v) is 58.3. The molecule has 10 heterocycles. The molecule has 10 aromatic heterocycles. The van der Waals surface area contributed by atoms with Gasteiger partial charge in [-0.25, -0.2) is 0 Å². The smallest absolute Gasteiger partial charge is 0.169 e. The average molecular weight is 1940 g/mol. The molecule has 0 aliphatic rings. The van der Waals surface area contributed by atoms with Crippen molar-refractivity contribution in [2.45, 2.75) is 250 Å². The van der Waals surface area contributed by atoms with Crippen LogP contribution in [0.4, 0.5) is 0 Å². The van der Waals surface area contributed by atoms with Gasteiger partial charge in [0.05, 0.1) is 38.3 Å². The zero-order valence-electron chi connectivity index (χ0n) is 59.9. The number of benzene rings is 2. The summed E-state index contributed by atoms with van der Waals surface area (Å²) in [5.74, 6) is 0.300. The number of rotatable bonds is 33. The first-order valence-electron chi connectivity index (χ1n) is 36.2. The molecule has 18 heteroatoms. The van der Waals surface area contributed by atoms with Crippen molar-refractivity contribution in [3.63, 3.8) is 0 Å². The summed E-state index contributed by atoms with van der Waals surface area (Å²) in [7, 11) is 0. The molecule has 0 bridgehead atoms. The van der Waals surface area contributed by atoms with Crippen LogP contribution < -0.4 is 2.89 Å². The van der Waals surface area contributed by atoms with Crippen molar-refractivity contribution in [2.75, 3.05) is 0 Å². The predicted molar refractivity (Wildman–Crippen MR) is 480 cm³/mol. The maximum absolute atomic E-state index is 12.3. The van der Waals surface area contributed by atoms with Gasteiger partial charge in [-0.3, -0.25) is 9.59 Å². The number of unbranched alkanes of at least 4 members (excludes halogenated alkanes) is 20. The molecule has 2 nitrogen and oxygen atoms in total. The van der Waals surface area contributed by atoms with Crippen molar-refractivity contribution in [3.05, 3.63) is 121 Å². The van der Waals surface area contributed by atoms with Gasteiger partial charge in [0, 0.05) is 44.4 Å². The van der Waals surface area contributed by atoms with E-state index in [1.807, 2.05) is 63.5 Å². The van der Waals surface area contributed by atoms with Crippen molar-refractivity contribution in [1.82, 2.24) is 0 Å². The van der Waals surface area contributed by atoms with E-state index in [9.17, 15) is 9.59 Å². The van der Waals surface area contributed by atoms with Crippen LogP contribution in [0.25, 0.3) is 80.0 Å². The third-order valence-electron chi connectivity index (χ3n) is 18.4. The first-order chi connectivity index (χ1) is 47.6. The molecule has 0 aliphatic carbocycles. The van der Waals surface area contributed by atoms with Gasteiger partial charge in [0.15, 0.2) is 11.6 Å². The molecule has 0 N–H and O–H groups in total. The summed E-state index contributed by atoms with van der Waals surface area (Å²) in [6.45, 7) is 17.1. The molecule has 0 atom stereocenters. The maximum Gasteiger partial charge on any atom is 0.169 e. The molecule has 12 rings (SSSR count). The molecule has 0 amide bonds. The van der Waals surface area contributed by atoms with Crippen LogP contribution in [-0.4, -0.2) is 29.9 Å². The van der Waals surface area contributed by atoms with E-state index in [2.05, 4.69) is 201 Å². The maximum atomic E-state index is 12.3. The first kappa shape index (κ1) is 82.6. The minimum absolute atomic E-state index is 0.130. The van der Waals surface area contributed by atoms with E-state index < -0.39 is 18.4 Å². The fourth-order valence-corrected chi connectivity index (χ4v) is 33.9. The molecular weight excluding hydrogens is 1840 g/mol. The summed E-state index contributed by atoms with van der Waals surface area (Å²) in [5.41, 5.74) is 6.53. The van der Waals surface area contributed by atoms with E-state index >= 15 is 0 Å². The van der Waals surface area contributed by atoms with Crippen LogP contribution in [0.3, 0.4) is 0 Å². The summed E-state index contributed by atoms with van der Waals surface area (Å²) >= 11 is 33.8. The standard InChI is InChI=1S/C39H45BrOS5.C27H39S2.C8H4Br2OS2.C4H2Br2S.3CH3.Sn/c1-5-7-9-11-13-15-17-26-28-21-33(31-19-20-35(40)43-31)45-37(28)27(18-16-14-12-10-8-6-2)29-22-34(46-38(26)29)39-30-23-32(24(3)41)44-36(30)25(4)42-39;1-4-6-8-10-12-14-16-22-24-18-19-28-26(24)23(17-15-13-11-9-7-5-2)25-20-21(3)29-27(22)25;1-3(11)5-2-4-6(12-5)8(10)13-7(4)9;5-3-1-2-4(6)7-3;;;;/h19-23H,5-18H2,1-4H3;18,20H,4-17H2,1-3H3;2H,1H3;1-2H;3*1H3;. The Bertz CT molecular complexity index is 4390. The Balaban J connectivity index is 0.000000185. The Morgan fingerprint density at radius 1 is 0.343 bits per heavy atom. The second-order valence-corrected chi connectivity index (χ2v) is 60.6. The molecule has 12 aromatic rings. The zero-order chi connectivity index (χ0) is 70.9. The van der Waals surface area contributed by atoms with Gasteiger partial charge in [0.2, 0.25) is 0 Å². The summed E-state index contributed by atoms with van der Waals surface area (Å²) in [6, 6.07) is 22.8. The van der Waals surface area contributed by atoms with Gasteiger partial charge in [0.1, 0.15) is 0 Å². The number of halogens is 5. The molecular formula is C81H99Br5O2S10Sn. The Morgan fingerprint density at radius 2 is 0.737 bits per heavy atom. The van der Waals surface area contributed by atoms with E-state index in [0.717, 1.165) is 40.3 Å². The molecule has 0 saturated carbocycles. The Labute approximate surface area is 677 Å². The quantitative estimate of drug-likeness (QED) is 0.0233. The normalized spacial score (nSPS) is 11.8. The van der Waals surface area contributed by atoms with Gasteiger partial charge in [-0.2, -0.15) is 0 Å². The van der Waals surface area contributed by atoms with E-state index in [1.165, 1.54) is 249 Å². The van der Waals surface area contributed by atoms with Crippen LogP contribution in [0.5, 0.6) is 0 Å². The summed E-state index contributed by atoms with van der Waals surface area (Å²) < 4.78 is 16.2. The van der Waals surface area contributed by atoms with Crippen LogP contribution in [0, 0.1) is 13.8 Å². The molecule has 0 saturated heterocycles. The van der Waals surface area contributed by atoms with Gasteiger partial charge < -0.3 is 0 Å². The summed E-state index contributed by atoms with van der Waals surface area (Å²) in [5, 5.41) is 8.65. The minimum atomic E-state index is -2.10. The minimum Gasteiger partial charge on any atom is -0.294 e. The van der Waals surface area contributed by atoms with Gasteiger partial charge >= 0.3 is 218 Å². The number of Topliss-reactive ketones (excluding diaryl/α,β-unsaturated/α-hetero) is 2. The molecule has 0 spiro atoms. The zero-order valence-corrected chi connectivity index (χ0v) is 78.8.